The van der Waals surface area contributed by atoms with E-state index >= 15 is 0 Å². The fraction of sp³-hybridized carbons (Fsp3) is 0.500. The molecule has 11 heteroatoms. The second-order valence-corrected chi connectivity index (χ2v) is 11.0. The molecule has 2 rings (SSSR count). The van der Waals surface area contributed by atoms with Gasteiger partial charge in [-0.2, -0.15) is 13.1 Å². The number of carboxylic acid groups (broad SMARTS) is 1. The van der Waals surface area contributed by atoms with Gasteiger partial charge in [0, 0.05) is 24.1 Å². The molecule has 37 heavy (non-hydrogen) atoms. The van der Waals surface area contributed by atoms with Gasteiger partial charge in [0.2, 0.25) is 10.0 Å². The lowest BCUT2D eigenvalue weighted by Gasteiger charge is -2.42. The highest BCUT2D eigenvalue weighted by Gasteiger charge is 2.39. The van der Waals surface area contributed by atoms with E-state index in [1.54, 1.807) is 0 Å². The number of ether oxygens (including phenoxy) is 1. The molecule has 2 aromatic carbocycles. The molecule has 206 valence electrons. The van der Waals surface area contributed by atoms with Crippen LogP contribution in [-0.2, 0) is 16.4 Å². The lowest BCUT2D eigenvalue weighted by atomic mass is 9.94. The highest BCUT2D eigenvalue weighted by Crippen LogP contribution is 2.26. The molecule has 8 nitrogen and oxygen atoms in total. The van der Waals surface area contributed by atoms with Crippen LogP contribution in [0, 0.1) is 5.92 Å². The number of nitrogens with zero attached hydrogens (tertiary/aromatic N) is 2. The first-order valence-electron chi connectivity index (χ1n) is 15.5. The third-order valence-corrected chi connectivity index (χ3v) is 6.25. The van der Waals surface area contributed by atoms with E-state index in [0.717, 1.165) is 57.2 Å². The molecule has 0 heterocycles. The lowest BCUT2D eigenvalue weighted by Crippen LogP contribution is -2.58. The first kappa shape index (κ1) is 19.3. The number of halogens is 2. The van der Waals surface area contributed by atoms with Crippen molar-refractivity contribution in [3.05, 3.63) is 60.1 Å². The molecule has 0 spiro atoms. The molecular formula is C26H36F2N2O6S. The number of carbonyl (C=O) groups is 1. The first-order valence-corrected chi connectivity index (χ1v) is 12.4. The second-order valence-electron chi connectivity index (χ2n) is 9.14. The van der Waals surface area contributed by atoms with Crippen molar-refractivity contribution in [2.24, 2.45) is 5.92 Å². The molecular weight excluding hydrogens is 506 g/mol. The summed E-state index contributed by atoms with van der Waals surface area (Å²) < 4.78 is 135. The largest absolute Gasteiger partial charge is 0.465 e. The molecule has 0 aliphatic carbocycles. The fourth-order valence-corrected chi connectivity index (χ4v) is 4.51. The van der Waals surface area contributed by atoms with Crippen molar-refractivity contribution in [3.63, 3.8) is 0 Å². The molecule has 0 saturated heterocycles. The van der Waals surface area contributed by atoms with Gasteiger partial charge in [-0.15, -0.1) is 0 Å². The van der Waals surface area contributed by atoms with Gasteiger partial charge in [-0.1, -0.05) is 44.1 Å². The van der Waals surface area contributed by atoms with Gasteiger partial charge in [-0.05, 0) is 62.9 Å². The Balaban J connectivity index is 3.03. The molecule has 0 unspecified atom stereocenters. The Morgan fingerprint density at radius 2 is 1.81 bits per heavy atom. The minimum atomic E-state index is -5.18. The Morgan fingerprint density at radius 1 is 1.19 bits per heavy atom. The molecule has 0 aliphatic rings. The predicted molar refractivity (Wildman–Crippen MR) is 136 cm³/mol. The first-order chi connectivity index (χ1) is 20.6. The number of hydrogen-bond acceptors (Lipinski definition) is 5. The van der Waals surface area contributed by atoms with Gasteiger partial charge in [0.15, 0.2) is 0 Å². The van der Waals surface area contributed by atoms with Crippen molar-refractivity contribution >= 4 is 16.1 Å². The van der Waals surface area contributed by atoms with E-state index in [1.807, 2.05) is 0 Å². The molecule has 0 radical (unpaired) electrons. The van der Waals surface area contributed by atoms with Gasteiger partial charge < -0.3 is 14.9 Å². The van der Waals surface area contributed by atoms with E-state index in [2.05, 4.69) is 4.74 Å². The molecule has 2 aromatic rings. The monoisotopic (exact) mass is 551 g/mol. The summed E-state index contributed by atoms with van der Waals surface area (Å²) in [5, 5.41) is 22.2. The smallest absolute Gasteiger partial charge is 0.408 e. The summed E-state index contributed by atoms with van der Waals surface area (Å²) in [5.74, 6) is -1.21. The minimum absolute atomic E-state index is 0.0485. The topological polar surface area (TPSA) is 107 Å². The average molecular weight is 552 g/mol. The zero-order valence-electron chi connectivity index (χ0n) is 29.9. The number of hydrogen-bond donors (Lipinski definition) is 2. The third-order valence-electron chi connectivity index (χ3n) is 4.56. The van der Waals surface area contributed by atoms with Crippen molar-refractivity contribution in [1.29, 1.82) is 0 Å². The highest BCUT2D eigenvalue weighted by molar-refractivity contribution is 7.89. The quantitative estimate of drug-likeness (QED) is 0.397. The number of sulfonamides is 1. The van der Waals surface area contributed by atoms with E-state index in [4.69, 9.17) is 11.0 Å². The average Bonchev–Trinajstić information content (AvgIpc) is 2.88. The minimum Gasteiger partial charge on any atom is -0.465 e. The Kier molecular flexibility index (Phi) is 6.61. The summed E-state index contributed by atoms with van der Waals surface area (Å²) in [7, 11) is -5.18. The summed E-state index contributed by atoms with van der Waals surface area (Å²) in [5.41, 5.74) is -2.86. The Labute approximate surface area is 230 Å². The Hall–Kier alpha value is -2.76. The van der Waals surface area contributed by atoms with Crippen molar-refractivity contribution in [2.75, 3.05) is 13.0 Å². The van der Waals surface area contributed by atoms with Crippen LogP contribution in [0.3, 0.4) is 0 Å². The second kappa shape index (κ2) is 12.7. The third kappa shape index (κ3) is 8.65. The van der Waals surface area contributed by atoms with Gasteiger partial charge >= 0.3 is 12.7 Å². The van der Waals surface area contributed by atoms with Gasteiger partial charge in [0.1, 0.15) is 5.75 Å². The van der Waals surface area contributed by atoms with Crippen LogP contribution in [0.4, 0.5) is 13.6 Å². The molecule has 0 aromatic heterocycles. The van der Waals surface area contributed by atoms with Crippen LogP contribution in [0.2, 0.25) is 0 Å². The fourth-order valence-electron chi connectivity index (χ4n) is 3.08. The van der Waals surface area contributed by atoms with E-state index < -0.39 is 100 Å². The maximum atomic E-state index is 13.9. The number of rotatable bonds is 12. The normalized spacial score (nSPS) is 20.1. The van der Waals surface area contributed by atoms with E-state index in [1.165, 1.54) is 13.8 Å². The summed E-state index contributed by atoms with van der Waals surface area (Å²) in [6, 6.07) is -1.68. The van der Waals surface area contributed by atoms with Crippen molar-refractivity contribution < 1.29 is 49.3 Å². The summed E-state index contributed by atoms with van der Waals surface area (Å²) in [4.78, 5) is 11.9. The molecule has 2 N–H and O–H groups in total. The van der Waals surface area contributed by atoms with Crippen LogP contribution in [0.1, 0.15) is 52.5 Å². The number of alkyl halides is 2. The Morgan fingerprint density at radius 3 is 2.32 bits per heavy atom. The van der Waals surface area contributed by atoms with E-state index in [9.17, 15) is 33.6 Å². The molecule has 0 aliphatic heterocycles. The zero-order valence-corrected chi connectivity index (χ0v) is 21.7. The highest BCUT2D eigenvalue weighted by atomic mass is 32.2. The summed E-state index contributed by atoms with van der Waals surface area (Å²) in [6.45, 7) is -1.84. The van der Waals surface area contributed by atoms with Gasteiger partial charge in [0.25, 0.3) is 0 Å². The van der Waals surface area contributed by atoms with Crippen LogP contribution >= 0.6 is 0 Å². The van der Waals surface area contributed by atoms with Crippen LogP contribution in [0.25, 0.3) is 0 Å². The SMILES string of the molecule is [2H]c1ccc(C([2H])([2H])[C@]([2H])(N(C(=O)O)C(C)(C)C)[C@]([2H])(O)C([2H])([2H])N(CC(C)C)S(=O)(=O)c2ccc(OC(F)F)cc2)c([2H])c1[2H]. The molecule has 1 amide bonds. The van der Waals surface area contributed by atoms with Gasteiger partial charge in [-0.25, -0.2) is 13.2 Å². The lowest BCUT2D eigenvalue weighted by molar-refractivity contribution is -0.0498. The maximum Gasteiger partial charge on any atom is 0.408 e. The Bertz CT molecular complexity index is 1540. The van der Waals surface area contributed by atoms with E-state index in [-0.39, 0.29) is 9.21 Å². The molecule has 2 atom stereocenters. The van der Waals surface area contributed by atoms with Gasteiger partial charge in [0.05, 0.1) is 23.8 Å². The van der Waals surface area contributed by atoms with Crippen molar-refractivity contribution in [2.45, 2.75) is 70.1 Å². The molecule has 0 bridgehead atoms. The number of benzene rings is 2. The standard InChI is InChI=1S/C26H36F2N2O6S/c1-18(2)16-29(37(34,35)21-13-11-20(12-14-21)36-24(27)28)17-23(31)22(15-19-9-7-6-8-10-19)30(25(32)33)26(3,4)5/h6-14,18,22-24,31H,15-17H2,1-5H3,(H,32,33)/t22-,23+/m0/s1/i6D,7D,9D,15D2,17D2,22D,23D. The van der Waals surface area contributed by atoms with E-state index in [0.29, 0.717) is 0 Å². The van der Waals surface area contributed by atoms with Crippen LogP contribution in [-0.4, -0.2) is 71.2 Å². The predicted octanol–water partition coefficient (Wildman–Crippen LogP) is 4.69. The number of aliphatic hydroxyl groups is 1. The summed E-state index contributed by atoms with van der Waals surface area (Å²) in [6.07, 6.45) is -10.3. The van der Waals surface area contributed by atoms with Crippen LogP contribution in [0.15, 0.2) is 59.4 Å². The van der Waals surface area contributed by atoms with Crippen molar-refractivity contribution in [1.82, 2.24) is 9.21 Å². The zero-order chi connectivity index (χ0) is 36.0. The molecule has 0 fully saturated rings. The van der Waals surface area contributed by atoms with Gasteiger partial charge in [-0.3, -0.25) is 4.90 Å². The van der Waals surface area contributed by atoms with Crippen LogP contribution < -0.4 is 4.74 Å². The summed E-state index contributed by atoms with van der Waals surface area (Å²) >= 11 is 0. The van der Waals surface area contributed by atoms with Crippen molar-refractivity contribution in [3.8, 4) is 5.75 Å². The van der Waals surface area contributed by atoms with Crippen LogP contribution in [0.5, 0.6) is 5.75 Å². The number of amides is 1. The molecule has 0 saturated carbocycles. The maximum absolute atomic E-state index is 13.9.